The van der Waals surface area contributed by atoms with E-state index in [2.05, 4.69) is 39.9 Å². The van der Waals surface area contributed by atoms with Gasteiger partial charge in [0.05, 0.1) is 0 Å². The Hall–Kier alpha value is -1.09. The Labute approximate surface area is 116 Å². The van der Waals surface area contributed by atoms with Crippen molar-refractivity contribution in [2.75, 3.05) is 6.54 Å². The molecule has 0 amide bonds. The molecule has 0 saturated heterocycles. The van der Waals surface area contributed by atoms with Crippen LogP contribution in [0.4, 0.5) is 4.39 Å². The minimum atomic E-state index is -0.223. The summed E-state index contributed by atoms with van der Waals surface area (Å²) in [6.07, 6.45) is 0.0726. The van der Waals surface area contributed by atoms with E-state index in [-0.39, 0.29) is 17.5 Å². The number of aryl methyl sites for hydroxylation is 1. The largest absolute Gasteiger partial charge is 0.489 e. The molecule has 1 atom stereocenters. The number of hydrogen-bond acceptors (Lipinski definition) is 2. The molecule has 0 aliphatic rings. The van der Waals surface area contributed by atoms with E-state index in [1.807, 2.05) is 6.92 Å². The zero-order chi connectivity index (χ0) is 14.6. The predicted molar refractivity (Wildman–Crippen MR) is 78.1 cm³/mol. The first-order valence-corrected chi connectivity index (χ1v) is 6.87. The fourth-order valence-electron chi connectivity index (χ4n) is 1.73. The van der Waals surface area contributed by atoms with Crippen molar-refractivity contribution in [3.05, 3.63) is 29.6 Å². The van der Waals surface area contributed by atoms with Crippen LogP contribution < -0.4 is 10.1 Å². The number of nitrogens with one attached hydrogen (secondary N) is 1. The first-order chi connectivity index (χ1) is 8.69. The third-order valence-electron chi connectivity index (χ3n) is 2.99. The highest BCUT2D eigenvalue weighted by molar-refractivity contribution is 5.32. The van der Waals surface area contributed by atoms with E-state index in [0.29, 0.717) is 5.92 Å². The van der Waals surface area contributed by atoms with Crippen LogP contribution in [-0.4, -0.2) is 18.2 Å². The average Bonchev–Trinajstić information content (AvgIpc) is 2.24. The van der Waals surface area contributed by atoms with Gasteiger partial charge in [-0.05, 0) is 57.4 Å². The van der Waals surface area contributed by atoms with E-state index >= 15 is 0 Å². The summed E-state index contributed by atoms with van der Waals surface area (Å²) in [5, 5.41) is 3.46. The Morgan fingerprint density at radius 3 is 2.37 bits per heavy atom. The summed E-state index contributed by atoms with van der Waals surface area (Å²) in [6, 6.07) is 4.65. The first kappa shape index (κ1) is 16.0. The van der Waals surface area contributed by atoms with Crippen LogP contribution in [0.5, 0.6) is 5.75 Å². The van der Waals surface area contributed by atoms with E-state index in [9.17, 15) is 4.39 Å². The summed E-state index contributed by atoms with van der Waals surface area (Å²) in [5.41, 5.74) is 0.898. The van der Waals surface area contributed by atoms with Gasteiger partial charge >= 0.3 is 0 Å². The molecule has 1 unspecified atom stereocenters. The predicted octanol–water partition coefficient (Wildman–Crippen LogP) is 3.93. The van der Waals surface area contributed by atoms with Crippen molar-refractivity contribution in [3.8, 4) is 5.75 Å². The lowest BCUT2D eigenvalue weighted by Crippen LogP contribution is -2.44. The Morgan fingerprint density at radius 1 is 1.26 bits per heavy atom. The highest BCUT2D eigenvalue weighted by Crippen LogP contribution is 2.22. The standard InChI is InChI=1S/C16H26FNO/c1-11(2)15(10-18-16(4,5)6)19-14-8-7-13(17)9-12(14)3/h7-9,11,15,18H,10H2,1-6H3. The molecule has 0 fully saturated rings. The molecule has 2 nitrogen and oxygen atoms in total. The van der Waals surface area contributed by atoms with Crippen LogP contribution in [0, 0.1) is 18.7 Å². The third kappa shape index (κ3) is 5.60. The van der Waals surface area contributed by atoms with Crippen molar-refractivity contribution in [3.63, 3.8) is 0 Å². The third-order valence-corrected chi connectivity index (χ3v) is 2.99. The molecule has 3 heteroatoms. The molecular weight excluding hydrogens is 241 g/mol. The van der Waals surface area contributed by atoms with Gasteiger partial charge in [0.1, 0.15) is 17.7 Å². The monoisotopic (exact) mass is 267 g/mol. The van der Waals surface area contributed by atoms with Crippen LogP contribution in [0.15, 0.2) is 18.2 Å². The van der Waals surface area contributed by atoms with Crippen LogP contribution in [0.2, 0.25) is 0 Å². The van der Waals surface area contributed by atoms with Crippen LogP contribution in [-0.2, 0) is 0 Å². The van der Waals surface area contributed by atoms with Gasteiger partial charge in [-0.1, -0.05) is 13.8 Å². The molecule has 1 aromatic carbocycles. The van der Waals surface area contributed by atoms with Gasteiger partial charge in [-0.2, -0.15) is 0 Å². The number of rotatable bonds is 5. The van der Waals surface area contributed by atoms with Gasteiger partial charge in [-0.3, -0.25) is 0 Å². The Morgan fingerprint density at radius 2 is 1.89 bits per heavy atom. The zero-order valence-electron chi connectivity index (χ0n) is 12.9. The van der Waals surface area contributed by atoms with Crippen LogP contribution in [0.3, 0.4) is 0 Å². The molecule has 1 aromatic rings. The molecule has 0 aliphatic heterocycles. The lowest BCUT2D eigenvalue weighted by atomic mass is 10.0. The molecule has 0 bridgehead atoms. The van der Waals surface area contributed by atoms with Crippen molar-refractivity contribution in [2.45, 2.75) is 53.2 Å². The van der Waals surface area contributed by atoms with Crippen LogP contribution >= 0.6 is 0 Å². The minimum Gasteiger partial charge on any atom is -0.489 e. The van der Waals surface area contributed by atoms with Gasteiger partial charge in [-0.25, -0.2) is 4.39 Å². The number of hydrogen-bond donors (Lipinski definition) is 1. The molecule has 0 spiro atoms. The van der Waals surface area contributed by atoms with E-state index < -0.39 is 0 Å². The molecule has 19 heavy (non-hydrogen) atoms. The van der Waals surface area contributed by atoms with Gasteiger partial charge < -0.3 is 10.1 Å². The second-order valence-electron chi connectivity index (χ2n) is 6.44. The van der Waals surface area contributed by atoms with Crippen molar-refractivity contribution in [1.29, 1.82) is 0 Å². The van der Waals surface area contributed by atoms with Crippen LogP contribution in [0.25, 0.3) is 0 Å². The van der Waals surface area contributed by atoms with Gasteiger partial charge in [-0.15, -0.1) is 0 Å². The highest BCUT2D eigenvalue weighted by atomic mass is 19.1. The Balaban J connectivity index is 2.73. The zero-order valence-corrected chi connectivity index (χ0v) is 12.9. The molecule has 0 aromatic heterocycles. The molecular formula is C16H26FNO. The maximum Gasteiger partial charge on any atom is 0.123 e. The number of benzene rings is 1. The lowest BCUT2D eigenvalue weighted by Gasteiger charge is -2.28. The van der Waals surface area contributed by atoms with E-state index in [4.69, 9.17) is 4.74 Å². The Kier molecular flexibility index (Phi) is 5.36. The second-order valence-corrected chi connectivity index (χ2v) is 6.44. The van der Waals surface area contributed by atoms with Crippen molar-refractivity contribution < 1.29 is 9.13 Å². The van der Waals surface area contributed by atoms with Gasteiger partial charge in [0.15, 0.2) is 0 Å². The van der Waals surface area contributed by atoms with Crippen molar-refractivity contribution >= 4 is 0 Å². The molecule has 0 radical (unpaired) electrons. The van der Waals surface area contributed by atoms with Gasteiger partial charge in [0, 0.05) is 12.1 Å². The van der Waals surface area contributed by atoms with E-state index in [1.54, 1.807) is 6.07 Å². The first-order valence-electron chi connectivity index (χ1n) is 6.87. The SMILES string of the molecule is Cc1cc(F)ccc1OC(CNC(C)(C)C)C(C)C. The van der Waals surface area contributed by atoms with Crippen molar-refractivity contribution in [1.82, 2.24) is 5.32 Å². The van der Waals surface area contributed by atoms with E-state index in [1.165, 1.54) is 12.1 Å². The molecule has 0 saturated carbocycles. The summed E-state index contributed by atoms with van der Waals surface area (Å²) < 4.78 is 19.1. The fraction of sp³-hybridized carbons (Fsp3) is 0.625. The van der Waals surface area contributed by atoms with Gasteiger partial charge in [0.2, 0.25) is 0 Å². The fourth-order valence-corrected chi connectivity index (χ4v) is 1.73. The van der Waals surface area contributed by atoms with Crippen LogP contribution in [0.1, 0.15) is 40.2 Å². The summed E-state index contributed by atoms with van der Waals surface area (Å²) in [5.74, 6) is 0.925. The summed E-state index contributed by atoms with van der Waals surface area (Å²) >= 11 is 0. The Bertz CT molecular complexity index is 410. The normalized spacial score (nSPS) is 13.7. The maximum absolute atomic E-state index is 13.1. The van der Waals surface area contributed by atoms with Gasteiger partial charge in [0.25, 0.3) is 0 Å². The average molecular weight is 267 g/mol. The molecule has 0 aliphatic carbocycles. The van der Waals surface area contributed by atoms with E-state index in [0.717, 1.165) is 17.9 Å². The number of ether oxygens (including phenoxy) is 1. The summed E-state index contributed by atoms with van der Waals surface area (Å²) in [6.45, 7) is 13.3. The number of halogens is 1. The quantitative estimate of drug-likeness (QED) is 0.873. The molecule has 1 rings (SSSR count). The molecule has 1 N–H and O–H groups in total. The van der Waals surface area contributed by atoms with Crippen molar-refractivity contribution in [2.24, 2.45) is 5.92 Å². The summed E-state index contributed by atoms with van der Waals surface area (Å²) in [7, 11) is 0. The smallest absolute Gasteiger partial charge is 0.123 e. The summed E-state index contributed by atoms with van der Waals surface area (Å²) in [4.78, 5) is 0. The second kappa shape index (κ2) is 6.38. The minimum absolute atomic E-state index is 0.0638. The maximum atomic E-state index is 13.1. The molecule has 108 valence electrons. The lowest BCUT2D eigenvalue weighted by molar-refractivity contribution is 0.138. The highest BCUT2D eigenvalue weighted by Gasteiger charge is 2.19. The topological polar surface area (TPSA) is 21.3 Å². The molecule has 0 heterocycles.